The molecule has 0 bridgehead atoms. The number of hydrogen-bond donors (Lipinski definition) is 2. The van der Waals surface area contributed by atoms with Crippen LogP contribution in [0.15, 0.2) is 21.5 Å². The molecule has 1 aromatic carbocycles. The average Bonchev–Trinajstić information content (AvgIpc) is 2.39. The van der Waals surface area contributed by atoms with Crippen LogP contribution in [0.1, 0.15) is 29.3 Å². The molecule has 0 aliphatic heterocycles. The van der Waals surface area contributed by atoms with Crippen LogP contribution in [0, 0.1) is 6.92 Å². The second-order valence-electron chi connectivity index (χ2n) is 4.66. The van der Waals surface area contributed by atoms with Gasteiger partial charge < -0.3 is 10.1 Å². The highest BCUT2D eigenvalue weighted by molar-refractivity contribution is 9.10. The number of carbonyl (C=O) groups excluding carboxylic acids is 1. The monoisotopic (exact) mass is 378 g/mol. The molecule has 1 rings (SSSR count). The maximum Gasteiger partial charge on any atom is 0.251 e. The van der Waals surface area contributed by atoms with Crippen LogP contribution in [0.4, 0.5) is 0 Å². The Kier molecular flexibility index (Phi) is 6.33. The number of carbonyl (C=O) groups is 1. The van der Waals surface area contributed by atoms with E-state index in [2.05, 4.69) is 21.2 Å². The number of primary sulfonamides is 1. The fourth-order valence-electron chi connectivity index (χ4n) is 1.78. The van der Waals surface area contributed by atoms with Gasteiger partial charge in [0.05, 0.1) is 17.5 Å². The number of benzene rings is 1. The van der Waals surface area contributed by atoms with E-state index in [1.54, 1.807) is 14.0 Å². The molecule has 0 heterocycles. The molecule has 8 heteroatoms. The number of nitrogens with two attached hydrogens (primary N) is 1. The number of sulfonamides is 1. The summed E-state index contributed by atoms with van der Waals surface area (Å²) in [5.41, 5.74) is 0.912. The first-order valence-corrected chi connectivity index (χ1v) is 8.67. The molecule has 0 fully saturated rings. The summed E-state index contributed by atoms with van der Waals surface area (Å²) >= 11 is 3.25. The lowest BCUT2D eigenvalue weighted by molar-refractivity contribution is 0.0893. The third kappa shape index (κ3) is 4.77. The van der Waals surface area contributed by atoms with Crippen molar-refractivity contribution in [2.75, 3.05) is 13.7 Å². The number of amides is 1. The molecule has 118 valence electrons. The molecule has 1 atom stereocenters. The van der Waals surface area contributed by atoms with Crippen LogP contribution in [0.25, 0.3) is 0 Å². The van der Waals surface area contributed by atoms with Crippen molar-refractivity contribution in [3.8, 4) is 0 Å². The first-order valence-electron chi connectivity index (χ1n) is 6.33. The normalized spacial score (nSPS) is 13.0. The Hall–Kier alpha value is -0.960. The van der Waals surface area contributed by atoms with Gasteiger partial charge >= 0.3 is 0 Å². The first-order chi connectivity index (χ1) is 9.70. The zero-order valence-electron chi connectivity index (χ0n) is 12.1. The zero-order chi connectivity index (χ0) is 16.2. The van der Waals surface area contributed by atoms with Crippen LogP contribution in [-0.4, -0.2) is 34.1 Å². The fourth-order valence-corrected chi connectivity index (χ4v) is 2.96. The van der Waals surface area contributed by atoms with Gasteiger partial charge in [-0.25, -0.2) is 13.6 Å². The molecule has 0 saturated heterocycles. The summed E-state index contributed by atoms with van der Waals surface area (Å²) in [5.74, 6) is -0.359. The molecule has 1 aromatic rings. The standard InChI is InChI=1S/C13H19BrN2O4S/c1-4-9(7-20-3)16-13(17)11-5-10(21(15,18)19)6-12(14)8(11)2/h5-6,9H,4,7H2,1-3H3,(H,16,17)(H2,15,18,19). The van der Waals surface area contributed by atoms with Crippen molar-refractivity contribution < 1.29 is 17.9 Å². The molecule has 1 unspecified atom stereocenters. The van der Waals surface area contributed by atoms with Crippen LogP contribution >= 0.6 is 15.9 Å². The van der Waals surface area contributed by atoms with Gasteiger partial charge in [0, 0.05) is 17.1 Å². The van der Waals surface area contributed by atoms with Crippen molar-refractivity contribution in [1.82, 2.24) is 5.32 Å². The van der Waals surface area contributed by atoms with Gasteiger partial charge in [0.2, 0.25) is 10.0 Å². The Labute approximate surface area is 133 Å². The molecule has 21 heavy (non-hydrogen) atoms. The van der Waals surface area contributed by atoms with Gasteiger partial charge in [0.1, 0.15) is 0 Å². The SMILES string of the molecule is CCC(COC)NC(=O)c1cc(S(N)(=O)=O)cc(Br)c1C. The van der Waals surface area contributed by atoms with Gasteiger partial charge in [0.15, 0.2) is 0 Å². The number of rotatable bonds is 6. The van der Waals surface area contributed by atoms with Crippen molar-refractivity contribution >= 4 is 31.9 Å². The summed E-state index contributed by atoms with van der Waals surface area (Å²) < 4.78 is 28.5. The average molecular weight is 379 g/mol. The van der Waals surface area contributed by atoms with E-state index in [0.717, 1.165) is 0 Å². The lowest BCUT2D eigenvalue weighted by Gasteiger charge is -2.17. The van der Waals surface area contributed by atoms with Gasteiger partial charge in [-0.3, -0.25) is 4.79 Å². The second kappa shape index (κ2) is 7.35. The van der Waals surface area contributed by atoms with E-state index in [1.807, 2.05) is 6.92 Å². The quantitative estimate of drug-likeness (QED) is 0.784. The predicted molar refractivity (Wildman–Crippen MR) is 83.7 cm³/mol. The summed E-state index contributed by atoms with van der Waals surface area (Å²) in [7, 11) is -2.32. The van der Waals surface area contributed by atoms with Gasteiger partial charge in [-0.15, -0.1) is 0 Å². The van der Waals surface area contributed by atoms with Gasteiger partial charge in [-0.2, -0.15) is 0 Å². The van der Waals surface area contributed by atoms with Crippen LogP contribution in [0.2, 0.25) is 0 Å². The molecule has 6 nitrogen and oxygen atoms in total. The molecule has 0 aromatic heterocycles. The highest BCUT2D eigenvalue weighted by Crippen LogP contribution is 2.24. The molecule has 0 radical (unpaired) electrons. The summed E-state index contributed by atoms with van der Waals surface area (Å²) in [6.07, 6.45) is 0.703. The largest absolute Gasteiger partial charge is 0.383 e. The maximum atomic E-state index is 12.3. The second-order valence-corrected chi connectivity index (χ2v) is 7.07. The lowest BCUT2D eigenvalue weighted by Crippen LogP contribution is -2.38. The minimum absolute atomic E-state index is 0.107. The van der Waals surface area contributed by atoms with Crippen LogP contribution in [-0.2, 0) is 14.8 Å². The fraction of sp³-hybridized carbons (Fsp3) is 0.462. The molecule has 3 N–H and O–H groups in total. The summed E-state index contributed by atoms with van der Waals surface area (Å²) in [6.45, 7) is 4.04. The Balaban J connectivity index is 3.17. The van der Waals surface area contributed by atoms with E-state index in [-0.39, 0.29) is 22.4 Å². The topological polar surface area (TPSA) is 98.5 Å². The Morgan fingerprint density at radius 1 is 1.48 bits per heavy atom. The van der Waals surface area contributed by atoms with E-state index in [0.29, 0.717) is 23.1 Å². The Morgan fingerprint density at radius 3 is 2.57 bits per heavy atom. The van der Waals surface area contributed by atoms with E-state index < -0.39 is 10.0 Å². The number of hydrogen-bond acceptors (Lipinski definition) is 4. The van der Waals surface area contributed by atoms with Crippen molar-refractivity contribution in [2.45, 2.75) is 31.2 Å². The van der Waals surface area contributed by atoms with Crippen LogP contribution < -0.4 is 10.5 Å². The van der Waals surface area contributed by atoms with Crippen LogP contribution in [0.3, 0.4) is 0 Å². The minimum atomic E-state index is -3.88. The summed E-state index contributed by atoms with van der Waals surface area (Å²) in [4.78, 5) is 12.2. The summed E-state index contributed by atoms with van der Waals surface area (Å²) in [6, 6.07) is 2.52. The van der Waals surface area contributed by atoms with Crippen molar-refractivity contribution in [2.24, 2.45) is 5.14 Å². The van der Waals surface area contributed by atoms with Gasteiger partial charge in [0.25, 0.3) is 5.91 Å². The van der Waals surface area contributed by atoms with Crippen molar-refractivity contribution in [1.29, 1.82) is 0 Å². The molecule has 0 spiro atoms. The van der Waals surface area contributed by atoms with Crippen LogP contribution in [0.5, 0.6) is 0 Å². The Morgan fingerprint density at radius 2 is 2.10 bits per heavy atom. The summed E-state index contributed by atoms with van der Waals surface area (Å²) in [5, 5.41) is 7.93. The maximum absolute atomic E-state index is 12.3. The molecule has 0 saturated carbocycles. The van der Waals surface area contributed by atoms with Gasteiger partial charge in [-0.1, -0.05) is 22.9 Å². The molecule has 1 amide bonds. The van der Waals surface area contributed by atoms with E-state index in [4.69, 9.17) is 9.88 Å². The van der Waals surface area contributed by atoms with Gasteiger partial charge in [-0.05, 0) is 31.0 Å². The molecule has 0 aliphatic carbocycles. The van der Waals surface area contributed by atoms with E-state index in [1.165, 1.54) is 12.1 Å². The number of methoxy groups -OCH3 is 1. The predicted octanol–water partition coefficient (Wildman–Crippen LogP) is 1.56. The Bertz CT molecular complexity index is 631. The molecular weight excluding hydrogens is 360 g/mol. The van der Waals surface area contributed by atoms with E-state index in [9.17, 15) is 13.2 Å². The third-order valence-electron chi connectivity index (χ3n) is 3.09. The smallest absolute Gasteiger partial charge is 0.251 e. The van der Waals surface area contributed by atoms with Crippen molar-refractivity contribution in [3.63, 3.8) is 0 Å². The zero-order valence-corrected chi connectivity index (χ0v) is 14.5. The number of ether oxygens (including phenoxy) is 1. The third-order valence-corrected chi connectivity index (χ3v) is 4.80. The molecule has 0 aliphatic rings. The van der Waals surface area contributed by atoms with E-state index >= 15 is 0 Å². The number of halogens is 1. The molecular formula is C13H19BrN2O4S. The minimum Gasteiger partial charge on any atom is -0.383 e. The highest BCUT2D eigenvalue weighted by atomic mass is 79.9. The lowest BCUT2D eigenvalue weighted by atomic mass is 10.1. The number of nitrogens with one attached hydrogen (secondary N) is 1. The van der Waals surface area contributed by atoms with Crippen molar-refractivity contribution in [3.05, 3.63) is 27.7 Å². The highest BCUT2D eigenvalue weighted by Gasteiger charge is 2.19. The first kappa shape index (κ1) is 18.1.